The smallest absolute Gasteiger partial charge is 0.0462 e. The lowest BCUT2D eigenvalue weighted by Gasteiger charge is -2.26. The first kappa shape index (κ1) is 27.2. The Bertz CT molecular complexity index is 1810. The zero-order valence-corrected chi connectivity index (χ0v) is 24.8. The van der Waals surface area contributed by atoms with E-state index in [4.69, 9.17) is 0 Å². The Morgan fingerprint density at radius 3 is 0.773 bits per heavy atom. The van der Waals surface area contributed by atoms with Gasteiger partial charge in [0.25, 0.3) is 0 Å². The van der Waals surface area contributed by atoms with E-state index in [9.17, 15) is 0 Å². The quantitative estimate of drug-likeness (QED) is 0.186. The number of nitrogens with zero attached hydrogens (tertiary/aromatic N) is 1. The lowest BCUT2D eigenvalue weighted by molar-refractivity contribution is 1.27. The molecular weight excluding hydrogens is 530 g/mol. The number of aryl methyl sites for hydroxylation is 1. The summed E-state index contributed by atoms with van der Waals surface area (Å²) in [5.41, 5.74) is 14.4. The average Bonchev–Trinajstić information content (AvgIpc) is 3.11. The van der Waals surface area contributed by atoms with Crippen LogP contribution in [0, 0.1) is 6.92 Å². The third kappa shape index (κ3) is 5.82. The van der Waals surface area contributed by atoms with Crippen LogP contribution < -0.4 is 4.90 Å². The number of anilines is 3. The molecule has 0 aromatic heterocycles. The van der Waals surface area contributed by atoms with Gasteiger partial charge in [-0.3, -0.25) is 0 Å². The van der Waals surface area contributed by atoms with Gasteiger partial charge in [0.1, 0.15) is 0 Å². The molecule has 0 saturated heterocycles. The molecule has 44 heavy (non-hydrogen) atoms. The van der Waals surface area contributed by atoms with E-state index in [2.05, 4.69) is 194 Å². The SMILES string of the molecule is Cc1ccc(N(c2ccc(-c3ccc(-c4ccccc4)cc3)cc2)c2ccc(-c3ccc(-c4ccccc4)cc3)cc2)cc1. The summed E-state index contributed by atoms with van der Waals surface area (Å²) in [6.07, 6.45) is 0. The molecular formula is C43H33N. The van der Waals surface area contributed by atoms with Crippen molar-refractivity contribution in [2.75, 3.05) is 4.90 Å². The molecule has 0 heterocycles. The standard InChI is InChI=1S/C43H33N/c1-32-12-26-41(27-13-32)44(42-28-22-39(23-29-42)37-18-14-35(15-19-37)33-8-4-2-5-9-33)43-30-24-40(25-31-43)38-20-16-36(17-21-38)34-10-6-3-7-11-34/h2-31H,1H3. The van der Waals surface area contributed by atoms with E-state index in [1.165, 1.54) is 50.1 Å². The molecule has 0 aliphatic rings. The molecule has 0 atom stereocenters. The van der Waals surface area contributed by atoms with Gasteiger partial charge < -0.3 is 4.90 Å². The number of rotatable bonds is 7. The summed E-state index contributed by atoms with van der Waals surface area (Å²) >= 11 is 0. The van der Waals surface area contributed by atoms with Gasteiger partial charge in [-0.25, -0.2) is 0 Å². The second-order valence-corrected chi connectivity index (χ2v) is 11.2. The fourth-order valence-electron chi connectivity index (χ4n) is 5.72. The van der Waals surface area contributed by atoms with Crippen molar-refractivity contribution in [1.82, 2.24) is 0 Å². The van der Waals surface area contributed by atoms with Crippen LogP contribution in [0.15, 0.2) is 182 Å². The molecule has 210 valence electrons. The topological polar surface area (TPSA) is 3.24 Å². The molecule has 7 aromatic rings. The second-order valence-electron chi connectivity index (χ2n) is 11.2. The van der Waals surface area contributed by atoms with Crippen LogP contribution >= 0.6 is 0 Å². The van der Waals surface area contributed by atoms with Gasteiger partial charge in [-0.15, -0.1) is 0 Å². The van der Waals surface area contributed by atoms with E-state index >= 15 is 0 Å². The summed E-state index contributed by atoms with van der Waals surface area (Å²) < 4.78 is 0. The van der Waals surface area contributed by atoms with Gasteiger partial charge in [-0.2, -0.15) is 0 Å². The molecule has 0 fully saturated rings. The monoisotopic (exact) mass is 563 g/mol. The highest BCUT2D eigenvalue weighted by Gasteiger charge is 2.13. The summed E-state index contributed by atoms with van der Waals surface area (Å²) in [7, 11) is 0. The molecule has 0 saturated carbocycles. The molecule has 0 spiro atoms. The Balaban J connectivity index is 1.16. The molecule has 0 amide bonds. The number of hydrogen-bond acceptors (Lipinski definition) is 1. The maximum atomic E-state index is 2.32. The Labute approximate surface area is 260 Å². The van der Waals surface area contributed by atoms with Crippen LogP contribution in [0.25, 0.3) is 44.5 Å². The van der Waals surface area contributed by atoms with Gasteiger partial charge in [-0.1, -0.05) is 151 Å². The van der Waals surface area contributed by atoms with E-state index in [1.54, 1.807) is 0 Å². The second kappa shape index (κ2) is 12.3. The zero-order valence-electron chi connectivity index (χ0n) is 24.8. The minimum Gasteiger partial charge on any atom is -0.311 e. The van der Waals surface area contributed by atoms with Crippen LogP contribution in [0.2, 0.25) is 0 Å². The van der Waals surface area contributed by atoms with Gasteiger partial charge in [-0.05, 0) is 87.8 Å². The van der Waals surface area contributed by atoms with Crippen molar-refractivity contribution in [3.8, 4) is 44.5 Å². The first-order valence-corrected chi connectivity index (χ1v) is 15.1. The first-order chi connectivity index (χ1) is 21.7. The van der Waals surface area contributed by atoms with Gasteiger partial charge >= 0.3 is 0 Å². The van der Waals surface area contributed by atoms with Crippen LogP contribution in [0.5, 0.6) is 0 Å². The molecule has 0 unspecified atom stereocenters. The van der Waals surface area contributed by atoms with Gasteiger partial charge in [0, 0.05) is 17.1 Å². The number of hydrogen-bond donors (Lipinski definition) is 0. The Hall–Kier alpha value is -5.66. The zero-order chi connectivity index (χ0) is 29.7. The van der Waals surface area contributed by atoms with Gasteiger partial charge in [0.2, 0.25) is 0 Å². The van der Waals surface area contributed by atoms with E-state index in [1.807, 2.05) is 0 Å². The highest BCUT2D eigenvalue weighted by Crippen LogP contribution is 2.37. The average molecular weight is 564 g/mol. The van der Waals surface area contributed by atoms with Crippen LogP contribution in [0.4, 0.5) is 17.1 Å². The molecule has 0 N–H and O–H groups in total. The maximum absolute atomic E-state index is 2.32. The molecule has 0 radical (unpaired) electrons. The van der Waals surface area contributed by atoms with Gasteiger partial charge in [0.15, 0.2) is 0 Å². The lowest BCUT2D eigenvalue weighted by atomic mass is 9.99. The highest BCUT2D eigenvalue weighted by atomic mass is 15.1. The predicted octanol–water partition coefficient (Wildman–Crippen LogP) is 12.1. The summed E-state index contributed by atoms with van der Waals surface area (Å²) in [6, 6.07) is 65.2. The minimum absolute atomic E-state index is 1.12. The summed E-state index contributed by atoms with van der Waals surface area (Å²) in [6.45, 7) is 2.13. The van der Waals surface area contributed by atoms with Crippen LogP contribution in [-0.2, 0) is 0 Å². The summed E-state index contributed by atoms with van der Waals surface area (Å²) in [4.78, 5) is 2.32. The third-order valence-corrected chi connectivity index (χ3v) is 8.19. The van der Waals surface area contributed by atoms with Crippen LogP contribution in [-0.4, -0.2) is 0 Å². The lowest BCUT2D eigenvalue weighted by Crippen LogP contribution is -2.09. The Morgan fingerprint density at radius 2 is 0.477 bits per heavy atom. The van der Waals surface area contributed by atoms with E-state index in [-0.39, 0.29) is 0 Å². The normalized spacial score (nSPS) is 10.8. The van der Waals surface area contributed by atoms with Crippen molar-refractivity contribution in [1.29, 1.82) is 0 Å². The first-order valence-electron chi connectivity index (χ1n) is 15.1. The fourth-order valence-corrected chi connectivity index (χ4v) is 5.72. The molecule has 7 aromatic carbocycles. The third-order valence-electron chi connectivity index (χ3n) is 8.19. The van der Waals surface area contributed by atoms with Crippen LogP contribution in [0.3, 0.4) is 0 Å². The maximum Gasteiger partial charge on any atom is 0.0462 e. The molecule has 0 aliphatic carbocycles. The van der Waals surface area contributed by atoms with Gasteiger partial charge in [0.05, 0.1) is 0 Å². The Kier molecular flexibility index (Phi) is 7.60. The van der Waals surface area contributed by atoms with E-state index < -0.39 is 0 Å². The largest absolute Gasteiger partial charge is 0.311 e. The highest BCUT2D eigenvalue weighted by molar-refractivity contribution is 5.80. The van der Waals surface area contributed by atoms with Crippen molar-refractivity contribution in [3.05, 3.63) is 188 Å². The van der Waals surface area contributed by atoms with Crippen molar-refractivity contribution in [3.63, 3.8) is 0 Å². The van der Waals surface area contributed by atoms with E-state index in [0.717, 1.165) is 17.1 Å². The van der Waals surface area contributed by atoms with Crippen molar-refractivity contribution < 1.29 is 0 Å². The van der Waals surface area contributed by atoms with Crippen LogP contribution in [0.1, 0.15) is 5.56 Å². The fraction of sp³-hybridized carbons (Fsp3) is 0.0233. The minimum atomic E-state index is 1.12. The number of benzene rings is 7. The summed E-state index contributed by atoms with van der Waals surface area (Å²) in [5, 5.41) is 0. The predicted molar refractivity (Wildman–Crippen MR) is 188 cm³/mol. The van der Waals surface area contributed by atoms with E-state index in [0.29, 0.717) is 0 Å². The molecule has 0 aliphatic heterocycles. The van der Waals surface area contributed by atoms with Crippen molar-refractivity contribution in [2.24, 2.45) is 0 Å². The molecule has 1 heteroatoms. The van der Waals surface area contributed by atoms with Crippen molar-refractivity contribution in [2.45, 2.75) is 6.92 Å². The van der Waals surface area contributed by atoms with Crippen molar-refractivity contribution >= 4 is 17.1 Å². The molecule has 1 nitrogen and oxygen atoms in total. The Morgan fingerprint density at radius 1 is 0.250 bits per heavy atom. The summed E-state index contributed by atoms with van der Waals surface area (Å²) in [5.74, 6) is 0. The molecule has 0 bridgehead atoms. The molecule has 7 rings (SSSR count).